The average molecular weight is 190 g/mol. The molecule has 1 amide bonds. The van der Waals surface area contributed by atoms with Crippen molar-refractivity contribution in [2.75, 3.05) is 17.2 Å². The van der Waals surface area contributed by atoms with Crippen molar-refractivity contribution in [3.63, 3.8) is 0 Å². The maximum atomic E-state index is 11.1. The monoisotopic (exact) mass is 190 g/mol. The largest absolute Gasteiger partial charge is 0.374 e. The second kappa shape index (κ2) is 3.33. The molecule has 1 aromatic carbocycles. The molecule has 74 valence electrons. The van der Waals surface area contributed by atoms with E-state index >= 15 is 0 Å². The molecule has 3 nitrogen and oxygen atoms in total. The first-order valence-electron chi connectivity index (χ1n) is 4.84. The number of amides is 1. The van der Waals surface area contributed by atoms with E-state index in [0.29, 0.717) is 12.5 Å². The Hall–Kier alpha value is -1.51. The van der Waals surface area contributed by atoms with Gasteiger partial charge < -0.3 is 10.6 Å². The molecule has 2 N–H and O–H groups in total. The lowest BCUT2D eigenvalue weighted by Gasteiger charge is -2.20. The molecule has 1 heterocycles. The molecule has 0 unspecified atom stereocenters. The predicted molar refractivity (Wildman–Crippen MR) is 57.7 cm³/mol. The van der Waals surface area contributed by atoms with Gasteiger partial charge >= 0.3 is 0 Å². The molecule has 0 aromatic heterocycles. The first-order valence-corrected chi connectivity index (χ1v) is 4.84. The van der Waals surface area contributed by atoms with Crippen molar-refractivity contribution >= 4 is 17.3 Å². The lowest BCUT2D eigenvalue weighted by molar-refractivity contribution is -0.114. The van der Waals surface area contributed by atoms with E-state index in [4.69, 9.17) is 0 Å². The van der Waals surface area contributed by atoms with Crippen molar-refractivity contribution in [3.8, 4) is 0 Å². The Bertz CT molecular complexity index is 372. The van der Waals surface area contributed by atoms with Crippen LogP contribution in [0.3, 0.4) is 0 Å². The van der Waals surface area contributed by atoms with E-state index in [9.17, 15) is 4.79 Å². The summed E-state index contributed by atoms with van der Waals surface area (Å²) in [5.41, 5.74) is 3.15. The summed E-state index contributed by atoms with van der Waals surface area (Å²) < 4.78 is 0. The van der Waals surface area contributed by atoms with Crippen LogP contribution in [0.25, 0.3) is 0 Å². The van der Waals surface area contributed by atoms with E-state index in [-0.39, 0.29) is 5.91 Å². The summed E-state index contributed by atoms with van der Waals surface area (Å²) in [7, 11) is 0. The number of hydrogen-bond acceptors (Lipinski definition) is 2. The highest BCUT2D eigenvalue weighted by molar-refractivity contribution is 6.00. The van der Waals surface area contributed by atoms with Crippen LogP contribution in [0.4, 0.5) is 11.4 Å². The van der Waals surface area contributed by atoms with Gasteiger partial charge in [-0.15, -0.1) is 0 Å². The van der Waals surface area contributed by atoms with Crippen LogP contribution in [0, 0.1) is 0 Å². The molecule has 0 atom stereocenters. The van der Waals surface area contributed by atoms with Crippen LogP contribution in [-0.2, 0) is 4.79 Å². The summed E-state index contributed by atoms with van der Waals surface area (Å²) in [6.07, 6.45) is 0. The molecule has 0 aliphatic carbocycles. The Morgan fingerprint density at radius 1 is 1.29 bits per heavy atom. The Labute approximate surface area is 83.5 Å². The molecule has 1 aliphatic rings. The summed E-state index contributed by atoms with van der Waals surface area (Å²) in [6, 6.07) is 6.14. The first kappa shape index (κ1) is 9.06. The van der Waals surface area contributed by atoms with Gasteiger partial charge in [-0.2, -0.15) is 0 Å². The maximum Gasteiger partial charge on any atom is 0.243 e. The van der Waals surface area contributed by atoms with Crippen LogP contribution in [0.5, 0.6) is 0 Å². The van der Waals surface area contributed by atoms with Crippen molar-refractivity contribution in [2.24, 2.45) is 0 Å². The van der Waals surface area contributed by atoms with Gasteiger partial charge in [0, 0.05) is 0 Å². The molecule has 2 rings (SSSR count). The maximum absolute atomic E-state index is 11.1. The average Bonchev–Trinajstić information content (AvgIpc) is 2.16. The highest BCUT2D eigenvalue weighted by Crippen LogP contribution is 2.28. The minimum Gasteiger partial charge on any atom is -0.374 e. The van der Waals surface area contributed by atoms with Crippen molar-refractivity contribution < 1.29 is 4.79 Å². The Balaban J connectivity index is 2.37. The highest BCUT2D eigenvalue weighted by Gasteiger charge is 2.14. The standard InChI is InChI=1S/C11H14N2O/c1-7(2)8-3-4-9-10(5-8)13-11(14)6-12-9/h3-5,7,12H,6H2,1-2H3,(H,13,14). The van der Waals surface area contributed by atoms with Crippen molar-refractivity contribution in [1.82, 2.24) is 0 Å². The number of rotatable bonds is 1. The first-order chi connectivity index (χ1) is 6.66. The van der Waals surface area contributed by atoms with E-state index in [1.165, 1.54) is 5.56 Å². The molecule has 0 fully saturated rings. The van der Waals surface area contributed by atoms with Crippen LogP contribution in [0.15, 0.2) is 18.2 Å². The van der Waals surface area contributed by atoms with Crippen molar-refractivity contribution in [3.05, 3.63) is 23.8 Å². The quantitative estimate of drug-likeness (QED) is 0.712. The van der Waals surface area contributed by atoms with Crippen LogP contribution in [-0.4, -0.2) is 12.5 Å². The van der Waals surface area contributed by atoms with E-state index in [0.717, 1.165) is 11.4 Å². The minimum absolute atomic E-state index is 0.0263. The molecular formula is C11H14N2O. The highest BCUT2D eigenvalue weighted by atomic mass is 16.2. The zero-order chi connectivity index (χ0) is 10.1. The normalized spacial score (nSPS) is 14.6. The van der Waals surface area contributed by atoms with Gasteiger partial charge in [0.15, 0.2) is 0 Å². The van der Waals surface area contributed by atoms with Gasteiger partial charge in [-0.25, -0.2) is 0 Å². The van der Waals surface area contributed by atoms with Gasteiger partial charge in [0.25, 0.3) is 0 Å². The molecule has 0 radical (unpaired) electrons. The fourth-order valence-corrected chi connectivity index (χ4v) is 1.55. The molecule has 1 aliphatic heterocycles. The topological polar surface area (TPSA) is 41.1 Å². The molecule has 0 spiro atoms. The van der Waals surface area contributed by atoms with E-state index < -0.39 is 0 Å². The fraction of sp³-hybridized carbons (Fsp3) is 0.364. The van der Waals surface area contributed by atoms with Gasteiger partial charge in [0.1, 0.15) is 0 Å². The number of anilines is 2. The Morgan fingerprint density at radius 2 is 2.07 bits per heavy atom. The van der Waals surface area contributed by atoms with E-state index in [1.807, 2.05) is 12.1 Å². The zero-order valence-electron chi connectivity index (χ0n) is 8.42. The van der Waals surface area contributed by atoms with Gasteiger partial charge in [-0.05, 0) is 23.6 Å². The predicted octanol–water partition coefficient (Wildman–Crippen LogP) is 2.17. The SMILES string of the molecule is CC(C)c1ccc2c(c1)NC(=O)CN2. The zero-order valence-corrected chi connectivity index (χ0v) is 8.42. The summed E-state index contributed by atoms with van der Waals surface area (Å²) in [5, 5.41) is 5.92. The number of nitrogens with one attached hydrogen (secondary N) is 2. The van der Waals surface area contributed by atoms with Gasteiger partial charge in [0.2, 0.25) is 5.91 Å². The Morgan fingerprint density at radius 3 is 2.79 bits per heavy atom. The molecular weight excluding hydrogens is 176 g/mol. The van der Waals surface area contributed by atoms with Crippen molar-refractivity contribution in [2.45, 2.75) is 19.8 Å². The molecule has 0 bridgehead atoms. The Kier molecular flexibility index (Phi) is 2.15. The molecule has 1 aromatic rings. The van der Waals surface area contributed by atoms with Crippen LogP contribution in [0.1, 0.15) is 25.3 Å². The van der Waals surface area contributed by atoms with Gasteiger partial charge in [-0.3, -0.25) is 4.79 Å². The number of fused-ring (bicyclic) bond motifs is 1. The van der Waals surface area contributed by atoms with Gasteiger partial charge in [-0.1, -0.05) is 19.9 Å². The van der Waals surface area contributed by atoms with Crippen LogP contribution in [0.2, 0.25) is 0 Å². The molecule has 14 heavy (non-hydrogen) atoms. The molecule has 3 heteroatoms. The van der Waals surface area contributed by atoms with E-state index in [1.54, 1.807) is 0 Å². The lowest BCUT2D eigenvalue weighted by atomic mass is 10.0. The third kappa shape index (κ3) is 1.58. The molecule has 0 saturated heterocycles. The third-order valence-corrected chi connectivity index (χ3v) is 2.42. The lowest BCUT2D eigenvalue weighted by Crippen LogP contribution is -2.27. The van der Waals surface area contributed by atoms with Crippen molar-refractivity contribution in [1.29, 1.82) is 0 Å². The smallest absolute Gasteiger partial charge is 0.243 e. The molecule has 0 saturated carbocycles. The van der Waals surface area contributed by atoms with E-state index in [2.05, 4.69) is 30.5 Å². The summed E-state index contributed by atoms with van der Waals surface area (Å²) in [5.74, 6) is 0.512. The second-order valence-electron chi connectivity index (χ2n) is 3.86. The summed E-state index contributed by atoms with van der Waals surface area (Å²) in [4.78, 5) is 11.1. The number of carbonyl (C=O) groups excluding carboxylic acids is 1. The minimum atomic E-state index is 0.0263. The fourth-order valence-electron chi connectivity index (χ4n) is 1.55. The summed E-state index contributed by atoms with van der Waals surface area (Å²) in [6.45, 7) is 4.65. The number of carbonyl (C=O) groups is 1. The van der Waals surface area contributed by atoms with Gasteiger partial charge in [0.05, 0.1) is 17.9 Å². The summed E-state index contributed by atoms with van der Waals surface area (Å²) >= 11 is 0. The van der Waals surface area contributed by atoms with Crippen LogP contribution < -0.4 is 10.6 Å². The van der Waals surface area contributed by atoms with Crippen LogP contribution >= 0.6 is 0 Å². The number of hydrogen-bond donors (Lipinski definition) is 2. The third-order valence-electron chi connectivity index (χ3n) is 2.42. The second-order valence-corrected chi connectivity index (χ2v) is 3.86. The number of benzene rings is 1.